The molecule has 0 radical (unpaired) electrons. The number of nitrogens with zero attached hydrogens (tertiary/aromatic N) is 3. The van der Waals surface area contributed by atoms with E-state index in [0.29, 0.717) is 5.56 Å². The largest absolute Gasteiger partial charge is 0.350 e. The monoisotopic (exact) mass is 326 g/mol. The van der Waals surface area contributed by atoms with Crippen molar-refractivity contribution in [2.24, 2.45) is 0 Å². The van der Waals surface area contributed by atoms with Crippen LogP contribution in [0.3, 0.4) is 0 Å². The summed E-state index contributed by atoms with van der Waals surface area (Å²) >= 11 is 1.57. The second-order valence-corrected chi connectivity index (χ2v) is 6.27. The molecule has 118 valence electrons. The Morgan fingerprint density at radius 2 is 1.96 bits per heavy atom. The maximum Gasteiger partial charge on any atom is 0.251 e. The van der Waals surface area contributed by atoms with E-state index < -0.39 is 0 Å². The third kappa shape index (κ3) is 3.07. The summed E-state index contributed by atoms with van der Waals surface area (Å²) in [5.74, 6) is -0.0569. The van der Waals surface area contributed by atoms with E-state index in [4.69, 9.17) is 0 Å². The second kappa shape index (κ2) is 6.42. The molecule has 0 aliphatic heterocycles. The normalized spacial score (nSPS) is 11.1. The van der Waals surface area contributed by atoms with Gasteiger partial charge in [-0.25, -0.2) is 9.97 Å². The quantitative estimate of drug-likeness (QED) is 0.748. The van der Waals surface area contributed by atoms with E-state index in [0.717, 1.165) is 21.9 Å². The Balaban J connectivity index is 1.95. The molecule has 1 N–H and O–H groups in total. The van der Waals surface area contributed by atoms with Crippen LogP contribution in [0.2, 0.25) is 0 Å². The Morgan fingerprint density at radius 3 is 2.61 bits per heavy atom. The molecule has 2 aromatic heterocycles. The number of rotatable bonds is 4. The zero-order valence-corrected chi connectivity index (χ0v) is 14.1. The van der Waals surface area contributed by atoms with Gasteiger partial charge >= 0.3 is 0 Å². The smallest absolute Gasteiger partial charge is 0.251 e. The molecule has 0 aliphatic carbocycles. The first kappa shape index (κ1) is 15.6. The predicted octanol–water partition coefficient (Wildman–Crippen LogP) is 3.26. The lowest BCUT2D eigenvalue weighted by atomic mass is 10.1. The molecular formula is C17H18N4OS. The van der Waals surface area contributed by atoms with Crippen LogP contribution in [-0.4, -0.2) is 32.6 Å². The van der Waals surface area contributed by atoms with Crippen LogP contribution in [0.25, 0.3) is 16.9 Å². The van der Waals surface area contributed by atoms with Crippen molar-refractivity contribution in [1.82, 2.24) is 19.7 Å². The molecule has 2 heterocycles. The molecule has 5 nitrogen and oxygen atoms in total. The van der Waals surface area contributed by atoms with E-state index in [1.54, 1.807) is 18.0 Å². The summed E-state index contributed by atoms with van der Waals surface area (Å²) in [6.45, 7) is 3.89. The van der Waals surface area contributed by atoms with Crippen LogP contribution in [0, 0.1) is 0 Å². The van der Waals surface area contributed by atoms with Gasteiger partial charge in [0.25, 0.3) is 5.91 Å². The van der Waals surface area contributed by atoms with E-state index in [1.165, 1.54) is 0 Å². The van der Waals surface area contributed by atoms with Crippen molar-refractivity contribution in [1.29, 1.82) is 0 Å². The zero-order valence-electron chi connectivity index (χ0n) is 13.3. The third-order valence-corrected chi connectivity index (χ3v) is 4.13. The van der Waals surface area contributed by atoms with Crippen molar-refractivity contribution < 1.29 is 4.79 Å². The van der Waals surface area contributed by atoms with Gasteiger partial charge in [-0.3, -0.25) is 9.20 Å². The molecule has 0 spiro atoms. The van der Waals surface area contributed by atoms with Gasteiger partial charge in [0.1, 0.15) is 5.03 Å². The van der Waals surface area contributed by atoms with Gasteiger partial charge in [0.15, 0.2) is 5.65 Å². The molecule has 0 saturated carbocycles. The fourth-order valence-electron chi connectivity index (χ4n) is 2.39. The van der Waals surface area contributed by atoms with Crippen LogP contribution in [0.5, 0.6) is 0 Å². The molecule has 0 bridgehead atoms. The van der Waals surface area contributed by atoms with Crippen LogP contribution in [-0.2, 0) is 0 Å². The summed E-state index contributed by atoms with van der Waals surface area (Å²) < 4.78 is 2.02. The average molecular weight is 326 g/mol. The lowest BCUT2D eigenvalue weighted by Crippen LogP contribution is -2.29. The number of nitrogens with one attached hydrogen (secondary N) is 1. The van der Waals surface area contributed by atoms with Crippen molar-refractivity contribution in [3.63, 3.8) is 0 Å². The van der Waals surface area contributed by atoms with Gasteiger partial charge in [-0.15, -0.1) is 11.8 Å². The van der Waals surface area contributed by atoms with Gasteiger partial charge in [-0.1, -0.05) is 12.1 Å². The van der Waals surface area contributed by atoms with Crippen molar-refractivity contribution >= 4 is 23.3 Å². The molecular weight excluding hydrogens is 308 g/mol. The van der Waals surface area contributed by atoms with Crippen LogP contribution >= 0.6 is 11.8 Å². The van der Waals surface area contributed by atoms with Crippen LogP contribution in [0.15, 0.2) is 47.9 Å². The highest BCUT2D eigenvalue weighted by Gasteiger charge is 2.11. The number of benzene rings is 1. The second-order valence-electron chi connectivity index (χ2n) is 5.48. The van der Waals surface area contributed by atoms with Crippen LogP contribution in [0.4, 0.5) is 0 Å². The number of amides is 1. The van der Waals surface area contributed by atoms with Gasteiger partial charge in [0.2, 0.25) is 0 Å². The number of thioether (sulfide) groups is 1. The Kier molecular flexibility index (Phi) is 4.34. The summed E-state index contributed by atoms with van der Waals surface area (Å²) in [7, 11) is 0. The number of hydrogen-bond acceptors (Lipinski definition) is 4. The van der Waals surface area contributed by atoms with Gasteiger partial charge in [0, 0.05) is 29.6 Å². The van der Waals surface area contributed by atoms with Gasteiger partial charge in [0.05, 0.1) is 11.9 Å². The van der Waals surface area contributed by atoms with Gasteiger partial charge < -0.3 is 5.32 Å². The SMILES string of the molecule is CSc1nccn2c(-c3ccc(C(=O)NC(C)C)cc3)cnc12. The number of carbonyl (C=O) groups is 1. The summed E-state index contributed by atoms with van der Waals surface area (Å²) in [6, 6.07) is 7.68. The lowest BCUT2D eigenvalue weighted by Gasteiger charge is -2.09. The summed E-state index contributed by atoms with van der Waals surface area (Å²) in [5.41, 5.74) is 3.49. The van der Waals surface area contributed by atoms with Crippen molar-refractivity contribution in [3.8, 4) is 11.3 Å². The minimum Gasteiger partial charge on any atom is -0.350 e. The van der Waals surface area contributed by atoms with E-state index in [2.05, 4.69) is 15.3 Å². The summed E-state index contributed by atoms with van der Waals surface area (Å²) in [5, 5.41) is 3.79. The highest BCUT2D eigenvalue weighted by molar-refractivity contribution is 7.98. The summed E-state index contributed by atoms with van der Waals surface area (Å²) in [4.78, 5) is 20.8. The number of fused-ring (bicyclic) bond motifs is 1. The molecule has 0 unspecified atom stereocenters. The molecule has 23 heavy (non-hydrogen) atoms. The topological polar surface area (TPSA) is 59.3 Å². The standard InChI is InChI=1S/C17H18N4OS/c1-11(2)20-16(22)13-6-4-12(5-7-13)14-10-19-15-17(23-3)18-8-9-21(14)15/h4-11H,1-3H3,(H,20,22). The molecule has 0 fully saturated rings. The fraction of sp³-hybridized carbons (Fsp3) is 0.235. The maximum atomic E-state index is 12.0. The van der Waals surface area contributed by atoms with Crippen molar-refractivity contribution in [3.05, 3.63) is 48.4 Å². The highest BCUT2D eigenvalue weighted by Crippen LogP contribution is 2.25. The Labute approximate surface area is 139 Å². The lowest BCUT2D eigenvalue weighted by molar-refractivity contribution is 0.0943. The van der Waals surface area contributed by atoms with E-state index in [9.17, 15) is 4.79 Å². The minimum atomic E-state index is -0.0569. The minimum absolute atomic E-state index is 0.0569. The molecule has 6 heteroatoms. The number of aromatic nitrogens is 3. The molecule has 1 amide bonds. The molecule has 0 saturated heterocycles. The third-order valence-electron chi connectivity index (χ3n) is 3.45. The first-order valence-corrected chi connectivity index (χ1v) is 8.60. The van der Waals surface area contributed by atoms with Gasteiger partial charge in [-0.05, 0) is 32.2 Å². The van der Waals surface area contributed by atoms with Crippen LogP contribution in [0.1, 0.15) is 24.2 Å². The predicted molar refractivity (Wildman–Crippen MR) is 92.8 cm³/mol. The number of imidazole rings is 1. The first-order chi connectivity index (χ1) is 11.1. The Morgan fingerprint density at radius 1 is 1.22 bits per heavy atom. The number of carbonyl (C=O) groups excluding carboxylic acids is 1. The molecule has 3 rings (SSSR count). The first-order valence-electron chi connectivity index (χ1n) is 7.37. The van der Waals surface area contributed by atoms with Crippen molar-refractivity contribution in [2.75, 3.05) is 6.26 Å². The number of hydrogen-bond donors (Lipinski definition) is 1. The fourth-order valence-corrected chi connectivity index (χ4v) is 2.89. The maximum absolute atomic E-state index is 12.0. The highest BCUT2D eigenvalue weighted by atomic mass is 32.2. The molecule has 1 aromatic carbocycles. The molecule has 3 aromatic rings. The van der Waals surface area contributed by atoms with Gasteiger partial charge in [-0.2, -0.15) is 0 Å². The Hall–Kier alpha value is -2.34. The van der Waals surface area contributed by atoms with E-state index in [-0.39, 0.29) is 11.9 Å². The molecule has 0 atom stereocenters. The Bertz CT molecular complexity index is 839. The molecule has 0 aliphatic rings. The van der Waals surface area contributed by atoms with Crippen molar-refractivity contribution in [2.45, 2.75) is 24.9 Å². The summed E-state index contributed by atoms with van der Waals surface area (Å²) in [6.07, 6.45) is 7.49. The van der Waals surface area contributed by atoms with E-state index in [1.807, 2.05) is 61.2 Å². The zero-order chi connectivity index (χ0) is 16.4. The van der Waals surface area contributed by atoms with Crippen LogP contribution < -0.4 is 5.32 Å². The van der Waals surface area contributed by atoms with E-state index >= 15 is 0 Å². The average Bonchev–Trinajstić information content (AvgIpc) is 2.98.